The van der Waals surface area contributed by atoms with Gasteiger partial charge in [-0.1, -0.05) is 19.3 Å². The van der Waals surface area contributed by atoms with Crippen molar-refractivity contribution in [2.45, 2.75) is 51.1 Å². The average molecular weight is 227 g/mol. The van der Waals surface area contributed by atoms with Crippen molar-refractivity contribution in [1.82, 2.24) is 15.5 Å². The Hall–Kier alpha value is -0.770. The van der Waals surface area contributed by atoms with Gasteiger partial charge in [-0.15, -0.1) is 0 Å². The summed E-state index contributed by atoms with van der Waals surface area (Å²) in [5.74, 6) is 0. The summed E-state index contributed by atoms with van der Waals surface area (Å²) in [6.07, 6.45) is 6.09. The largest absolute Gasteiger partial charge is 0.337 e. The van der Waals surface area contributed by atoms with Crippen LogP contribution >= 0.6 is 0 Å². The Kier molecular flexibility index (Phi) is 5.60. The van der Waals surface area contributed by atoms with E-state index in [0.717, 1.165) is 12.8 Å². The minimum atomic E-state index is -0.0133. The molecule has 1 saturated carbocycles. The van der Waals surface area contributed by atoms with Crippen molar-refractivity contribution in [3.8, 4) is 0 Å². The summed E-state index contributed by atoms with van der Waals surface area (Å²) in [5.41, 5.74) is 0. The fraction of sp³-hybridized carbons (Fsp3) is 0.917. The van der Waals surface area contributed by atoms with E-state index in [1.54, 1.807) is 0 Å². The highest BCUT2D eigenvalue weighted by molar-refractivity contribution is 5.74. The fourth-order valence-corrected chi connectivity index (χ4v) is 1.91. The molecular formula is C12H25N3O. The van der Waals surface area contributed by atoms with E-state index < -0.39 is 0 Å². The third-order valence-electron chi connectivity index (χ3n) is 3.38. The molecule has 2 N–H and O–H groups in total. The van der Waals surface area contributed by atoms with Gasteiger partial charge in [0, 0.05) is 18.6 Å². The summed E-state index contributed by atoms with van der Waals surface area (Å²) < 4.78 is 0. The number of carbonyl (C=O) groups is 1. The van der Waals surface area contributed by atoms with Gasteiger partial charge in [-0.3, -0.25) is 0 Å². The topological polar surface area (TPSA) is 44.4 Å². The van der Waals surface area contributed by atoms with Crippen LogP contribution in [0.2, 0.25) is 0 Å². The highest BCUT2D eigenvalue weighted by Gasteiger charge is 2.15. The Morgan fingerprint density at radius 3 is 2.50 bits per heavy atom. The predicted octanol–water partition coefficient (Wildman–Crippen LogP) is 1.57. The number of nitrogens with zero attached hydrogens (tertiary/aromatic N) is 1. The van der Waals surface area contributed by atoms with Gasteiger partial charge < -0.3 is 15.5 Å². The summed E-state index contributed by atoms with van der Waals surface area (Å²) in [6, 6.07) is 0.751. The number of nitrogens with one attached hydrogen (secondary N) is 2. The lowest BCUT2D eigenvalue weighted by Crippen LogP contribution is -2.46. The number of amides is 2. The lowest BCUT2D eigenvalue weighted by atomic mass is 9.96. The van der Waals surface area contributed by atoms with E-state index in [1.165, 1.54) is 19.3 Å². The molecule has 1 rings (SSSR count). The minimum Gasteiger partial charge on any atom is -0.337 e. The molecule has 0 heterocycles. The number of hydrogen-bond acceptors (Lipinski definition) is 2. The van der Waals surface area contributed by atoms with E-state index in [1.807, 2.05) is 14.1 Å². The normalized spacial score (nSPS) is 19.5. The molecule has 0 aromatic heterocycles. The summed E-state index contributed by atoms with van der Waals surface area (Å²) >= 11 is 0. The molecule has 0 aromatic rings. The maximum Gasteiger partial charge on any atom is 0.315 e. The molecule has 0 saturated heterocycles. The van der Waals surface area contributed by atoms with Gasteiger partial charge in [-0.2, -0.15) is 0 Å². The molecule has 4 nitrogen and oxygen atoms in total. The average Bonchev–Trinajstić information content (AvgIpc) is 2.27. The van der Waals surface area contributed by atoms with Crippen LogP contribution in [-0.4, -0.2) is 43.7 Å². The van der Waals surface area contributed by atoms with Gasteiger partial charge in [0.15, 0.2) is 0 Å². The quantitative estimate of drug-likeness (QED) is 0.765. The lowest BCUT2D eigenvalue weighted by molar-refractivity contribution is 0.227. The summed E-state index contributed by atoms with van der Waals surface area (Å²) in [5, 5.41) is 5.96. The van der Waals surface area contributed by atoms with Gasteiger partial charge in [0.2, 0.25) is 0 Å². The van der Waals surface area contributed by atoms with Gasteiger partial charge in [-0.25, -0.2) is 4.79 Å². The summed E-state index contributed by atoms with van der Waals surface area (Å²) in [7, 11) is 4.04. The molecule has 16 heavy (non-hydrogen) atoms. The Labute approximate surface area is 98.8 Å². The SMILES string of the molecule is CC(CNC(=O)NC1CCCCC1)N(C)C. The first kappa shape index (κ1) is 13.3. The molecule has 4 heteroatoms. The van der Waals surface area contributed by atoms with Crippen molar-refractivity contribution in [3.05, 3.63) is 0 Å². The van der Waals surface area contributed by atoms with Crippen molar-refractivity contribution in [3.63, 3.8) is 0 Å². The van der Waals surface area contributed by atoms with Crippen LogP contribution in [0.25, 0.3) is 0 Å². The Morgan fingerprint density at radius 1 is 1.31 bits per heavy atom. The van der Waals surface area contributed by atoms with Crippen LogP contribution in [0.1, 0.15) is 39.0 Å². The second-order valence-corrected chi connectivity index (χ2v) is 5.00. The van der Waals surface area contributed by atoms with Crippen molar-refractivity contribution in [2.75, 3.05) is 20.6 Å². The van der Waals surface area contributed by atoms with E-state index in [4.69, 9.17) is 0 Å². The molecule has 0 radical (unpaired) electrons. The maximum absolute atomic E-state index is 11.6. The van der Waals surface area contributed by atoms with Crippen LogP contribution in [0, 0.1) is 0 Å². The molecule has 0 aromatic carbocycles. The number of rotatable bonds is 4. The highest BCUT2D eigenvalue weighted by Crippen LogP contribution is 2.17. The fourth-order valence-electron chi connectivity index (χ4n) is 1.91. The van der Waals surface area contributed by atoms with Gasteiger partial charge in [0.05, 0.1) is 0 Å². The predicted molar refractivity (Wildman–Crippen MR) is 66.6 cm³/mol. The van der Waals surface area contributed by atoms with Gasteiger partial charge in [0.25, 0.3) is 0 Å². The van der Waals surface area contributed by atoms with E-state index in [-0.39, 0.29) is 6.03 Å². The molecule has 94 valence electrons. The molecule has 1 aliphatic rings. The second-order valence-electron chi connectivity index (χ2n) is 5.00. The third kappa shape index (κ3) is 4.84. The number of likely N-dealkylation sites (N-methyl/N-ethyl adjacent to an activating group) is 1. The first-order valence-corrected chi connectivity index (χ1v) is 6.30. The van der Waals surface area contributed by atoms with Gasteiger partial charge in [0.1, 0.15) is 0 Å². The molecular weight excluding hydrogens is 202 g/mol. The van der Waals surface area contributed by atoms with Crippen molar-refractivity contribution < 1.29 is 4.79 Å². The third-order valence-corrected chi connectivity index (χ3v) is 3.38. The zero-order chi connectivity index (χ0) is 12.0. The van der Waals surface area contributed by atoms with Gasteiger partial charge >= 0.3 is 6.03 Å². The minimum absolute atomic E-state index is 0.0133. The molecule has 2 amide bonds. The van der Waals surface area contributed by atoms with Crippen LogP contribution in [0.5, 0.6) is 0 Å². The highest BCUT2D eigenvalue weighted by atomic mass is 16.2. The molecule has 0 spiro atoms. The van der Waals surface area contributed by atoms with Crippen LogP contribution in [0.3, 0.4) is 0 Å². The zero-order valence-corrected chi connectivity index (χ0v) is 10.8. The van der Waals surface area contributed by atoms with Crippen molar-refractivity contribution in [1.29, 1.82) is 0 Å². The zero-order valence-electron chi connectivity index (χ0n) is 10.8. The lowest BCUT2D eigenvalue weighted by Gasteiger charge is -2.24. The first-order valence-electron chi connectivity index (χ1n) is 6.30. The number of urea groups is 1. The molecule has 0 bridgehead atoms. The summed E-state index contributed by atoms with van der Waals surface area (Å²) in [4.78, 5) is 13.7. The molecule has 1 atom stereocenters. The monoisotopic (exact) mass is 227 g/mol. The van der Waals surface area contributed by atoms with E-state index in [0.29, 0.717) is 18.6 Å². The van der Waals surface area contributed by atoms with Crippen LogP contribution in [0.15, 0.2) is 0 Å². The first-order chi connectivity index (χ1) is 7.59. The van der Waals surface area contributed by atoms with E-state index >= 15 is 0 Å². The van der Waals surface area contributed by atoms with Crippen LogP contribution in [0.4, 0.5) is 4.79 Å². The molecule has 0 aliphatic heterocycles. The standard InChI is InChI=1S/C12H25N3O/c1-10(15(2)3)9-13-12(16)14-11-7-5-4-6-8-11/h10-11H,4-9H2,1-3H3,(H2,13,14,16). The smallest absolute Gasteiger partial charge is 0.315 e. The Morgan fingerprint density at radius 2 is 1.94 bits per heavy atom. The maximum atomic E-state index is 11.6. The molecule has 1 aliphatic carbocycles. The number of hydrogen-bond donors (Lipinski definition) is 2. The molecule has 1 fully saturated rings. The Balaban J connectivity index is 2.14. The Bertz CT molecular complexity index is 212. The van der Waals surface area contributed by atoms with E-state index in [9.17, 15) is 4.79 Å². The second kappa shape index (κ2) is 6.74. The number of carbonyl (C=O) groups excluding carboxylic acids is 1. The van der Waals surface area contributed by atoms with Crippen LogP contribution in [-0.2, 0) is 0 Å². The van der Waals surface area contributed by atoms with Gasteiger partial charge in [-0.05, 0) is 33.9 Å². The molecule has 1 unspecified atom stereocenters. The summed E-state index contributed by atoms with van der Waals surface area (Å²) in [6.45, 7) is 2.80. The van der Waals surface area contributed by atoms with Crippen molar-refractivity contribution >= 4 is 6.03 Å². The van der Waals surface area contributed by atoms with Crippen LogP contribution < -0.4 is 10.6 Å². The van der Waals surface area contributed by atoms with E-state index in [2.05, 4.69) is 22.5 Å². The van der Waals surface area contributed by atoms with Crippen molar-refractivity contribution in [2.24, 2.45) is 0 Å².